The molecule has 1 aromatic carbocycles. The maximum atomic E-state index is 10.1. The highest BCUT2D eigenvalue weighted by molar-refractivity contribution is 5.80. The first kappa shape index (κ1) is 10.1. The zero-order valence-corrected chi connectivity index (χ0v) is 7.55. The van der Waals surface area contributed by atoms with Crippen molar-refractivity contribution in [2.24, 2.45) is 0 Å². The largest absolute Gasteiger partial charge is 0.478 e. The van der Waals surface area contributed by atoms with Crippen LogP contribution in [-0.4, -0.2) is 11.1 Å². The molecule has 0 aliphatic rings. The van der Waals surface area contributed by atoms with E-state index in [4.69, 9.17) is 10.8 Å². The molecule has 3 nitrogen and oxygen atoms in total. The Kier molecular flexibility index (Phi) is 3.49. The molecule has 1 aromatic rings. The molecular weight excluding hydrogens is 178 g/mol. The number of nitrogen functional groups attached to an aromatic ring is 1. The second kappa shape index (κ2) is 4.87. The van der Waals surface area contributed by atoms with E-state index in [0.717, 1.165) is 11.6 Å². The number of carboxylic acid groups (broad SMARTS) is 1. The van der Waals surface area contributed by atoms with Gasteiger partial charge in [0.15, 0.2) is 0 Å². The molecule has 3 heteroatoms. The van der Waals surface area contributed by atoms with Crippen molar-refractivity contribution in [2.75, 3.05) is 5.73 Å². The van der Waals surface area contributed by atoms with Gasteiger partial charge in [-0.15, -0.1) is 0 Å². The van der Waals surface area contributed by atoms with Gasteiger partial charge >= 0.3 is 5.97 Å². The number of aliphatic carboxylic acids is 1. The van der Waals surface area contributed by atoms with Crippen LogP contribution in [-0.2, 0) is 4.79 Å². The van der Waals surface area contributed by atoms with Gasteiger partial charge in [-0.25, -0.2) is 4.79 Å². The van der Waals surface area contributed by atoms with Crippen molar-refractivity contribution >= 4 is 17.7 Å². The molecule has 0 saturated heterocycles. The van der Waals surface area contributed by atoms with Crippen molar-refractivity contribution in [3.8, 4) is 0 Å². The highest BCUT2D eigenvalue weighted by Gasteiger charge is 1.85. The standard InChI is InChI=1S/C11H11NO2/c12-10-7-5-9(6-8-10)3-1-2-4-11(13)14/h1-8H,12H2,(H,13,14). The fraction of sp³-hybridized carbons (Fsp3) is 0. The lowest BCUT2D eigenvalue weighted by molar-refractivity contribution is -0.131. The van der Waals surface area contributed by atoms with Crippen LogP contribution in [0, 0.1) is 0 Å². The van der Waals surface area contributed by atoms with E-state index in [9.17, 15) is 4.79 Å². The molecule has 0 fully saturated rings. The molecule has 0 radical (unpaired) electrons. The summed E-state index contributed by atoms with van der Waals surface area (Å²) >= 11 is 0. The van der Waals surface area contributed by atoms with Crippen LogP contribution < -0.4 is 5.73 Å². The molecule has 72 valence electrons. The number of benzene rings is 1. The zero-order chi connectivity index (χ0) is 10.4. The first-order valence-electron chi connectivity index (χ1n) is 4.12. The fourth-order valence-corrected chi connectivity index (χ4v) is 0.912. The maximum Gasteiger partial charge on any atom is 0.328 e. The lowest BCUT2D eigenvalue weighted by atomic mass is 10.2. The Balaban J connectivity index is 2.60. The minimum Gasteiger partial charge on any atom is -0.478 e. The van der Waals surface area contributed by atoms with E-state index in [1.54, 1.807) is 24.3 Å². The molecule has 0 aliphatic carbocycles. The van der Waals surface area contributed by atoms with E-state index in [1.165, 1.54) is 6.08 Å². The summed E-state index contributed by atoms with van der Waals surface area (Å²) in [5, 5.41) is 8.31. The summed E-state index contributed by atoms with van der Waals surface area (Å²) in [6, 6.07) is 7.31. The van der Waals surface area contributed by atoms with Crippen molar-refractivity contribution in [3.63, 3.8) is 0 Å². The highest BCUT2D eigenvalue weighted by Crippen LogP contribution is 2.06. The van der Waals surface area contributed by atoms with Gasteiger partial charge in [-0.1, -0.05) is 30.4 Å². The van der Waals surface area contributed by atoms with Crippen LogP contribution >= 0.6 is 0 Å². The first-order valence-corrected chi connectivity index (χ1v) is 4.12. The second-order valence-corrected chi connectivity index (χ2v) is 2.72. The van der Waals surface area contributed by atoms with Crippen molar-refractivity contribution in [3.05, 3.63) is 48.1 Å². The normalized spacial score (nSPS) is 11.1. The predicted molar refractivity (Wildman–Crippen MR) is 56.7 cm³/mol. The molecule has 0 heterocycles. The Labute approximate surface area is 82.2 Å². The highest BCUT2D eigenvalue weighted by atomic mass is 16.4. The van der Waals surface area contributed by atoms with Crippen molar-refractivity contribution in [1.82, 2.24) is 0 Å². The number of hydrogen-bond donors (Lipinski definition) is 2. The smallest absolute Gasteiger partial charge is 0.328 e. The van der Waals surface area contributed by atoms with Crippen LogP contribution in [0.15, 0.2) is 42.5 Å². The Hall–Kier alpha value is -2.03. The van der Waals surface area contributed by atoms with Crippen molar-refractivity contribution < 1.29 is 9.90 Å². The van der Waals surface area contributed by atoms with Gasteiger partial charge in [-0.2, -0.15) is 0 Å². The van der Waals surface area contributed by atoms with Crippen LogP contribution in [0.1, 0.15) is 5.56 Å². The van der Waals surface area contributed by atoms with E-state index in [2.05, 4.69) is 0 Å². The van der Waals surface area contributed by atoms with Gasteiger partial charge in [0.2, 0.25) is 0 Å². The molecule has 0 bridgehead atoms. The van der Waals surface area contributed by atoms with Gasteiger partial charge in [-0.3, -0.25) is 0 Å². The van der Waals surface area contributed by atoms with Gasteiger partial charge in [-0.05, 0) is 17.7 Å². The summed E-state index contributed by atoms with van der Waals surface area (Å²) in [6.07, 6.45) is 6.02. The molecule has 0 spiro atoms. The number of hydrogen-bond acceptors (Lipinski definition) is 2. The summed E-state index contributed by atoms with van der Waals surface area (Å²) in [5.74, 6) is -0.952. The number of rotatable bonds is 3. The van der Waals surface area contributed by atoms with Crippen LogP contribution in [0.3, 0.4) is 0 Å². The molecule has 14 heavy (non-hydrogen) atoms. The number of allylic oxidation sites excluding steroid dienone is 2. The predicted octanol–water partition coefficient (Wildman–Crippen LogP) is 1.92. The number of carboxylic acids is 1. The lowest BCUT2D eigenvalue weighted by Crippen LogP contribution is -1.84. The van der Waals surface area contributed by atoms with Crippen LogP contribution in [0.5, 0.6) is 0 Å². The topological polar surface area (TPSA) is 63.3 Å². The lowest BCUT2D eigenvalue weighted by Gasteiger charge is -1.93. The van der Waals surface area contributed by atoms with Gasteiger partial charge in [0.25, 0.3) is 0 Å². The minimum atomic E-state index is -0.952. The summed E-state index contributed by atoms with van der Waals surface area (Å²) in [5.41, 5.74) is 7.20. The van der Waals surface area contributed by atoms with E-state index in [0.29, 0.717) is 5.69 Å². The number of carbonyl (C=O) groups is 1. The summed E-state index contributed by atoms with van der Waals surface area (Å²) in [6.45, 7) is 0. The Morgan fingerprint density at radius 2 is 1.86 bits per heavy atom. The van der Waals surface area contributed by atoms with Gasteiger partial charge in [0.1, 0.15) is 0 Å². The number of nitrogens with two attached hydrogens (primary N) is 1. The molecule has 0 atom stereocenters. The third-order valence-corrected chi connectivity index (χ3v) is 1.58. The van der Waals surface area contributed by atoms with Gasteiger partial charge in [0.05, 0.1) is 0 Å². The van der Waals surface area contributed by atoms with E-state index in [1.807, 2.05) is 12.1 Å². The minimum absolute atomic E-state index is 0.711. The average Bonchev–Trinajstić information content (AvgIpc) is 2.15. The molecule has 0 aromatic heterocycles. The molecule has 0 unspecified atom stereocenters. The molecule has 3 N–H and O–H groups in total. The molecule has 0 aliphatic heterocycles. The quantitative estimate of drug-likeness (QED) is 0.433. The summed E-state index contributed by atoms with van der Waals surface area (Å²) < 4.78 is 0. The van der Waals surface area contributed by atoms with Gasteiger partial charge < -0.3 is 10.8 Å². The first-order chi connectivity index (χ1) is 6.68. The molecule has 0 amide bonds. The number of anilines is 1. The summed E-state index contributed by atoms with van der Waals surface area (Å²) in [4.78, 5) is 10.1. The van der Waals surface area contributed by atoms with E-state index in [-0.39, 0.29) is 0 Å². The molecule has 0 saturated carbocycles. The SMILES string of the molecule is Nc1ccc(C=CC=CC(=O)O)cc1. The molecule has 1 rings (SSSR count). The van der Waals surface area contributed by atoms with Crippen molar-refractivity contribution in [1.29, 1.82) is 0 Å². The Morgan fingerprint density at radius 1 is 1.21 bits per heavy atom. The average molecular weight is 189 g/mol. The Bertz CT molecular complexity index is 363. The van der Waals surface area contributed by atoms with Crippen LogP contribution in [0.4, 0.5) is 5.69 Å². The van der Waals surface area contributed by atoms with Crippen molar-refractivity contribution in [2.45, 2.75) is 0 Å². The maximum absolute atomic E-state index is 10.1. The second-order valence-electron chi connectivity index (χ2n) is 2.72. The Morgan fingerprint density at radius 3 is 2.43 bits per heavy atom. The summed E-state index contributed by atoms with van der Waals surface area (Å²) in [7, 11) is 0. The van der Waals surface area contributed by atoms with E-state index < -0.39 is 5.97 Å². The van der Waals surface area contributed by atoms with Gasteiger partial charge in [0, 0.05) is 11.8 Å². The van der Waals surface area contributed by atoms with Crippen LogP contribution in [0.25, 0.3) is 6.08 Å². The third-order valence-electron chi connectivity index (χ3n) is 1.58. The van der Waals surface area contributed by atoms with E-state index >= 15 is 0 Å². The molecular formula is C11H11NO2. The zero-order valence-electron chi connectivity index (χ0n) is 7.55. The third kappa shape index (κ3) is 3.58. The van der Waals surface area contributed by atoms with Crippen LogP contribution in [0.2, 0.25) is 0 Å². The monoisotopic (exact) mass is 189 g/mol. The fourth-order valence-electron chi connectivity index (χ4n) is 0.912.